The quantitative estimate of drug-likeness (QED) is 0.901. The second kappa shape index (κ2) is 4.49. The molecule has 1 atom stereocenters. The van der Waals surface area contributed by atoms with Crippen molar-refractivity contribution in [1.82, 2.24) is 9.55 Å². The first kappa shape index (κ1) is 11.3. The van der Waals surface area contributed by atoms with Crippen LogP contribution in [-0.4, -0.2) is 21.2 Å². The van der Waals surface area contributed by atoms with Gasteiger partial charge in [-0.1, -0.05) is 30.0 Å². The summed E-state index contributed by atoms with van der Waals surface area (Å²) >= 11 is 1.74. The number of aromatic nitrogens is 2. The second-order valence-corrected chi connectivity index (χ2v) is 5.20. The summed E-state index contributed by atoms with van der Waals surface area (Å²) in [6, 6.07) is 8.18. The Kier molecular flexibility index (Phi) is 2.83. The van der Waals surface area contributed by atoms with Crippen LogP contribution in [0.2, 0.25) is 0 Å². The van der Waals surface area contributed by atoms with Gasteiger partial charge >= 0.3 is 0 Å². The molecule has 1 aromatic carbocycles. The number of benzene rings is 1. The van der Waals surface area contributed by atoms with Crippen molar-refractivity contribution in [1.29, 1.82) is 0 Å². The van der Waals surface area contributed by atoms with Crippen LogP contribution in [-0.2, 0) is 4.79 Å². The first-order valence-electron chi connectivity index (χ1n) is 5.78. The number of para-hydroxylation sites is 1. The van der Waals surface area contributed by atoms with E-state index in [1.54, 1.807) is 11.8 Å². The van der Waals surface area contributed by atoms with Crippen molar-refractivity contribution in [2.24, 2.45) is 0 Å². The van der Waals surface area contributed by atoms with E-state index < -0.39 is 0 Å². The molecular formula is C13H13N3OS. The molecule has 0 radical (unpaired) electrons. The first-order valence-corrected chi connectivity index (χ1v) is 6.76. The Morgan fingerprint density at radius 3 is 3.17 bits per heavy atom. The van der Waals surface area contributed by atoms with Crippen molar-refractivity contribution in [3.8, 4) is 0 Å². The number of fused-ring (bicyclic) bond motifs is 1. The highest BCUT2D eigenvalue weighted by Crippen LogP contribution is 2.38. The minimum atomic E-state index is -0.0426. The molecule has 2 aromatic rings. The van der Waals surface area contributed by atoms with Crippen molar-refractivity contribution >= 4 is 23.4 Å². The van der Waals surface area contributed by atoms with E-state index in [0.29, 0.717) is 0 Å². The SMILES string of the molecule is CC(=O)Nc1ccccc1C1CSc2nccn21. The van der Waals surface area contributed by atoms with Gasteiger partial charge < -0.3 is 9.88 Å². The number of nitrogens with zero attached hydrogens (tertiary/aromatic N) is 2. The summed E-state index contributed by atoms with van der Waals surface area (Å²) in [6.07, 6.45) is 3.81. The van der Waals surface area contributed by atoms with Gasteiger partial charge in [-0.3, -0.25) is 4.79 Å². The molecule has 18 heavy (non-hydrogen) atoms. The molecule has 1 unspecified atom stereocenters. The molecule has 1 aliphatic rings. The number of imidazole rings is 1. The molecule has 0 spiro atoms. The molecule has 92 valence electrons. The molecule has 1 aliphatic heterocycles. The summed E-state index contributed by atoms with van der Waals surface area (Å²) in [7, 11) is 0. The third-order valence-corrected chi connectivity index (χ3v) is 4.03. The predicted molar refractivity (Wildman–Crippen MR) is 71.8 cm³/mol. The molecule has 3 rings (SSSR count). The van der Waals surface area contributed by atoms with Crippen LogP contribution >= 0.6 is 11.8 Å². The third-order valence-electron chi connectivity index (χ3n) is 2.97. The molecule has 2 heterocycles. The van der Waals surface area contributed by atoms with E-state index in [1.807, 2.05) is 30.6 Å². The lowest BCUT2D eigenvalue weighted by atomic mass is 10.1. The van der Waals surface area contributed by atoms with Gasteiger partial charge in [0, 0.05) is 30.8 Å². The zero-order valence-corrected chi connectivity index (χ0v) is 10.8. The monoisotopic (exact) mass is 259 g/mol. The standard InChI is InChI=1S/C13H13N3OS/c1-9(17)15-11-5-3-2-4-10(11)12-8-18-13-14-6-7-16(12)13/h2-7,12H,8H2,1H3,(H,15,17). The van der Waals surface area contributed by atoms with Crippen molar-refractivity contribution in [3.63, 3.8) is 0 Å². The Morgan fingerprint density at radius 1 is 1.50 bits per heavy atom. The van der Waals surface area contributed by atoms with Crippen LogP contribution in [0.4, 0.5) is 5.69 Å². The van der Waals surface area contributed by atoms with E-state index in [2.05, 4.69) is 20.9 Å². The molecule has 0 fully saturated rings. The van der Waals surface area contributed by atoms with Crippen LogP contribution in [0.1, 0.15) is 18.5 Å². The van der Waals surface area contributed by atoms with Crippen LogP contribution in [0.15, 0.2) is 41.8 Å². The fourth-order valence-corrected chi connectivity index (χ4v) is 3.33. The molecule has 0 aliphatic carbocycles. The average Bonchev–Trinajstić information content (AvgIpc) is 2.91. The van der Waals surface area contributed by atoms with Crippen LogP contribution in [0.5, 0.6) is 0 Å². The highest BCUT2D eigenvalue weighted by Gasteiger charge is 2.26. The van der Waals surface area contributed by atoms with Gasteiger partial charge in [0.05, 0.1) is 6.04 Å². The smallest absolute Gasteiger partial charge is 0.221 e. The minimum absolute atomic E-state index is 0.0426. The largest absolute Gasteiger partial charge is 0.326 e. The topological polar surface area (TPSA) is 46.9 Å². The number of rotatable bonds is 2. The van der Waals surface area contributed by atoms with Crippen LogP contribution < -0.4 is 5.32 Å². The predicted octanol–water partition coefficient (Wildman–Crippen LogP) is 2.54. The van der Waals surface area contributed by atoms with Crippen LogP contribution in [0.25, 0.3) is 0 Å². The van der Waals surface area contributed by atoms with E-state index in [4.69, 9.17) is 0 Å². The molecule has 1 amide bonds. The van der Waals surface area contributed by atoms with Gasteiger partial charge in [0.1, 0.15) is 0 Å². The molecule has 1 aromatic heterocycles. The minimum Gasteiger partial charge on any atom is -0.326 e. The van der Waals surface area contributed by atoms with Crippen molar-refractivity contribution in [2.75, 3.05) is 11.1 Å². The average molecular weight is 259 g/mol. The number of hydrogen-bond donors (Lipinski definition) is 1. The van der Waals surface area contributed by atoms with Gasteiger partial charge in [-0.05, 0) is 11.6 Å². The van der Waals surface area contributed by atoms with Gasteiger partial charge in [0.2, 0.25) is 5.91 Å². The van der Waals surface area contributed by atoms with Gasteiger partial charge in [0.15, 0.2) is 5.16 Å². The summed E-state index contributed by atoms with van der Waals surface area (Å²) in [5.74, 6) is 0.915. The maximum absolute atomic E-state index is 11.2. The number of anilines is 1. The van der Waals surface area contributed by atoms with Gasteiger partial charge in [0.25, 0.3) is 0 Å². The normalized spacial score (nSPS) is 17.5. The fraction of sp³-hybridized carbons (Fsp3) is 0.231. The van der Waals surface area contributed by atoms with E-state index in [-0.39, 0.29) is 11.9 Å². The van der Waals surface area contributed by atoms with Gasteiger partial charge in [-0.15, -0.1) is 0 Å². The Hall–Kier alpha value is -1.75. The summed E-state index contributed by atoms with van der Waals surface area (Å²) in [4.78, 5) is 15.5. The summed E-state index contributed by atoms with van der Waals surface area (Å²) in [5, 5.41) is 3.93. The molecule has 0 saturated carbocycles. The number of hydrogen-bond acceptors (Lipinski definition) is 3. The van der Waals surface area contributed by atoms with Gasteiger partial charge in [-0.25, -0.2) is 4.98 Å². The number of carbonyl (C=O) groups is 1. The fourth-order valence-electron chi connectivity index (χ4n) is 2.21. The van der Waals surface area contributed by atoms with Crippen molar-refractivity contribution in [3.05, 3.63) is 42.2 Å². The zero-order chi connectivity index (χ0) is 12.5. The number of amides is 1. The van der Waals surface area contributed by atoms with Crippen LogP contribution in [0.3, 0.4) is 0 Å². The Morgan fingerprint density at radius 2 is 2.33 bits per heavy atom. The van der Waals surface area contributed by atoms with Crippen molar-refractivity contribution in [2.45, 2.75) is 18.1 Å². The maximum Gasteiger partial charge on any atom is 0.221 e. The Labute approximate surface area is 109 Å². The molecular weight excluding hydrogens is 246 g/mol. The summed E-state index contributed by atoms with van der Waals surface area (Å²) in [6.45, 7) is 1.53. The van der Waals surface area contributed by atoms with E-state index >= 15 is 0 Å². The zero-order valence-electron chi connectivity index (χ0n) is 9.96. The molecule has 5 heteroatoms. The van der Waals surface area contributed by atoms with E-state index in [1.165, 1.54) is 6.92 Å². The Bertz CT molecular complexity index is 593. The maximum atomic E-state index is 11.2. The lowest BCUT2D eigenvalue weighted by Gasteiger charge is -2.17. The number of carbonyl (C=O) groups excluding carboxylic acids is 1. The Balaban J connectivity index is 2.00. The van der Waals surface area contributed by atoms with Crippen molar-refractivity contribution < 1.29 is 4.79 Å². The molecule has 1 N–H and O–H groups in total. The van der Waals surface area contributed by atoms with Crippen LogP contribution in [0, 0.1) is 0 Å². The van der Waals surface area contributed by atoms with E-state index in [0.717, 1.165) is 22.2 Å². The molecule has 0 saturated heterocycles. The first-order chi connectivity index (χ1) is 8.75. The number of nitrogens with one attached hydrogen (secondary N) is 1. The van der Waals surface area contributed by atoms with Gasteiger partial charge in [-0.2, -0.15) is 0 Å². The summed E-state index contributed by atoms with van der Waals surface area (Å²) < 4.78 is 2.16. The highest BCUT2D eigenvalue weighted by atomic mass is 32.2. The molecule has 0 bridgehead atoms. The number of thioether (sulfide) groups is 1. The lowest BCUT2D eigenvalue weighted by Crippen LogP contribution is -2.13. The summed E-state index contributed by atoms with van der Waals surface area (Å²) in [5.41, 5.74) is 2.02. The highest BCUT2D eigenvalue weighted by molar-refractivity contribution is 7.99. The third kappa shape index (κ3) is 1.90. The lowest BCUT2D eigenvalue weighted by molar-refractivity contribution is -0.114. The molecule has 4 nitrogen and oxygen atoms in total. The second-order valence-electron chi connectivity index (χ2n) is 4.21. The van der Waals surface area contributed by atoms with E-state index in [9.17, 15) is 4.79 Å².